The molecule has 1 aliphatic heterocycles. The van der Waals surface area contributed by atoms with Crippen LogP contribution in [0.4, 0.5) is 13.2 Å². The van der Waals surface area contributed by atoms with Crippen molar-refractivity contribution in [3.05, 3.63) is 75.9 Å². The topological polar surface area (TPSA) is 42.4 Å². The van der Waals surface area contributed by atoms with Crippen molar-refractivity contribution in [2.24, 2.45) is 0 Å². The molecule has 0 spiro atoms. The van der Waals surface area contributed by atoms with Gasteiger partial charge in [-0.3, -0.25) is 0 Å². The van der Waals surface area contributed by atoms with Crippen molar-refractivity contribution < 1.29 is 23.0 Å². The predicted molar refractivity (Wildman–Crippen MR) is 109 cm³/mol. The van der Waals surface area contributed by atoms with Crippen molar-refractivity contribution in [1.29, 1.82) is 0 Å². The minimum atomic E-state index is -4.38. The van der Waals surface area contributed by atoms with Gasteiger partial charge in [0, 0.05) is 30.0 Å². The number of alkyl halides is 3. The maximum absolute atomic E-state index is 12.6. The average Bonchev–Trinajstić information content (AvgIpc) is 2.62. The van der Waals surface area contributed by atoms with Crippen LogP contribution in [0.1, 0.15) is 34.2 Å². The van der Waals surface area contributed by atoms with Crippen molar-refractivity contribution in [2.75, 3.05) is 12.4 Å². The summed E-state index contributed by atoms with van der Waals surface area (Å²) < 4.78 is 43.5. The number of halogens is 3. The van der Waals surface area contributed by atoms with Crippen LogP contribution in [0.25, 0.3) is 5.57 Å². The number of pyridine rings is 1. The number of rotatable bonds is 5. The molecule has 2 heterocycles. The lowest BCUT2D eigenvalue weighted by atomic mass is 9.92. The Kier molecular flexibility index (Phi) is 6.27. The molecule has 1 aromatic carbocycles. The second-order valence-corrected chi connectivity index (χ2v) is 8.13. The summed E-state index contributed by atoms with van der Waals surface area (Å²) in [6.45, 7) is 6.35. The number of hydrogen-bond donors (Lipinski definition) is 1. The highest BCUT2D eigenvalue weighted by atomic mass is 32.2. The number of aryl methyl sites for hydroxylation is 3. The zero-order chi connectivity index (χ0) is 21.2. The van der Waals surface area contributed by atoms with Crippen LogP contribution in [-0.2, 0) is 10.9 Å². The molecule has 1 aliphatic rings. The lowest BCUT2D eigenvalue weighted by Crippen LogP contribution is -2.10. The molecule has 0 saturated heterocycles. The Labute approximate surface area is 172 Å². The quantitative estimate of drug-likeness (QED) is 0.568. The fourth-order valence-corrected chi connectivity index (χ4v) is 4.21. The molecule has 1 N–H and O–H groups in total. The van der Waals surface area contributed by atoms with E-state index in [4.69, 9.17) is 4.74 Å². The highest BCUT2D eigenvalue weighted by Crippen LogP contribution is 2.32. The summed E-state index contributed by atoms with van der Waals surface area (Å²) in [5.74, 6) is 1.42. The van der Waals surface area contributed by atoms with Crippen LogP contribution in [0.15, 0.2) is 53.1 Å². The Morgan fingerprint density at radius 2 is 1.83 bits per heavy atom. The van der Waals surface area contributed by atoms with Gasteiger partial charge in [0.2, 0.25) is 0 Å². The van der Waals surface area contributed by atoms with E-state index in [0.29, 0.717) is 23.0 Å². The summed E-state index contributed by atoms with van der Waals surface area (Å²) in [6.07, 6.45) is -1.38. The summed E-state index contributed by atoms with van der Waals surface area (Å²) >= 11 is 1.34. The highest BCUT2D eigenvalue weighted by Gasteiger charge is 2.30. The lowest BCUT2D eigenvalue weighted by Gasteiger charge is -2.22. The van der Waals surface area contributed by atoms with Gasteiger partial charge in [0.15, 0.2) is 0 Å². The monoisotopic (exact) mass is 421 g/mol. The molecule has 0 bridgehead atoms. The Balaban J connectivity index is 1.65. The van der Waals surface area contributed by atoms with Crippen LogP contribution in [0.2, 0.25) is 0 Å². The van der Waals surface area contributed by atoms with E-state index in [1.165, 1.54) is 23.4 Å². The van der Waals surface area contributed by atoms with E-state index in [-0.39, 0.29) is 12.4 Å². The number of nitrogens with zero attached hydrogens (tertiary/aromatic N) is 1. The molecule has 3 nitrogen and oxygen atoms in total. The van der Waals surface area contributed by atoms with E-state index < -0.39 is 11.7 Å². The Morgan fingerprint density at radius 1 is 1.14 bits per heavy atom. The number of thioether (sulfide) groups is 1. The SMILES string of the molecule is Cc1cc(C)c(C2=C(O)C=C(CCSc3ccc(C(F)(F)F)cn3)OC2)c(C)c1. The van der Waals surface area contributed by atoms with E-state index in [9.17, 15) is 18.3 Å². The predicted octanol–water partition coefficient (Wildman–Crippen LogP) is 6.39. The summed E-state index contributed by atoms with van der Waals surface area (Å²) in [6, 6.07) is 6.55. The summed E-state index contributed by atoms with van der Waals surface area (Å²) in [5, 5.41) is 11.0. The molecule has 0 fully saturated rings. The molecule has 3 rings (SSSR count). The summed E-state index contributed by atoms with van der Waals surface area (Å²) in [7, 11) is 0. The number of allylic oxidation sites excluding steroid dienone is 2. The third kappa shape index (κ3) is 5.15. The number of benzene rings is 1. The first-order chi connectivity index (χ1) is 13.6. The van der Waals surface area contributed by atoms with Crippen molar-refractivity contribution in [3.8, 4) is 0 Å². The molecule has 154 valence electrons. The van der Waals surface area contributed by atoms with E-state index in [1.54, 1.807) is 6.08 Å². The number of aliphatic hydroxyl groups is 1. The molecule has 0 amide bonds. The van der Waals surface area contributed by atoms with Crippen molar-refractivity contribution in [2.45, 2.75) is 38.4 Å². The standard InChI is InChI=1S/C22H22F3NO2S/c1-13-8-14(2)21(15(3)9-13)18-12-28-17(10-19(18)27)6-7-29-20-5-4-16(11-26-20)22(23,24)25/h4-5,8-11,27H,6-7,12H2,1-3H3. The van der Waals surface area contributed by atoms with Gasteiger partial charge in [-0.25, -0.2) is 4.98 Å². The van der Waals surface area contributed by atoms with Gasteiger partial charge in [-0.1, -0.05) is 17.7 Å². The maximum Gasteiger partial charge on any atom is 0.417 e. The van der Waals surface area contributed by atoms with Crippen LogP contribution < -0.4 is 0 Å². The second kappa shape index (κ2) is 8.53. The van der Waals surface area contributed by atoms with E-state index in [2.05, 4.69) is 17.1 Å². The number of aromatic nitrogens is 1. The van der Waals surface area contributed by atoms with Gasteiger partial charge in [0.05, 0.1) is 10.6 Å². The molecule has 2 aromatic rings. The van der Waals surface area contributed by atoms with E-state index in [1.807, 2.05) is 20.8 Å². The minimum absolute atomic E-state index is 0.193. The molecule has 0 radical (unpaired) electrons. The van der Waals surface area contributed by atoms with Gasteiger partial charge < -0.3 is 9.84 Å². The first-order valence-corrected chi connectivity index (χ1v) is 10.1. The molecule has 1 aromatic heterocycles. The van der Waals surface area contributed by atoms with Gasteiger partial charge in [0.25, 0.3) is 0 Å². The highest BCUT2D eigenvalue weighted by molar-refractivity contribution is 7.99. The van der Waals surface area contributed by atoms with Gasteiger partial charge >= 0.3 is 6.18 Å². The number of ether oxygens (including phenoxy) is 1. The van der Waals surface area contributed by atoms with Crippen LogP contribution in [0.5, 0.6) is 0 Å². The molecule has 0 unspecified atom stereocenters. The second-order valence-electron chi connectivity index (χ2n) is 7.02. The molecule has 0 atom stereocenters. The Hall–Kier alpha value is -2.41. The zero-order valence-electron chi connectivity index (χ0n) is 16.4. The summed E-state index contributed by atoms with van der Waals surface area (Å²) in [4.78, 5) is 3.84. The fourth-order valence-electron chi connectivity index (χ4n) is 3.41. The molecular formula is C22H22F3NO2S. The zero-order valence-corrected chi connectivity index (χ0v) is 17.2. The molecular weight excluding hydrogens is 399 g/mol. The number of hydrogen-bond acceptors (Lipinski definition) is 4. The van der Waals surface area contributed by atoms with Gasteiger partial charge in [-0.2, -0.15) is 13.2 Å². The van der Waals surface area contributed by atoms with E-state index >= 15 is 0 Å². The van der Waals surface area contributed by atoms with E-state index in [0.717, 1.165) is 34.5 Å². The molecule has 7 heteroatoms. The van der Waals surface area contributed by atoms with Gasteiger partial charge in [0.1, 0.15) is 18.1 Å². The maximum atomic E-state index is 12.6. The largest absolute Gasteiger partial charge is 0.507 e. The molecule has 0 aliphatic carbocycles. The van der Waals surface area contributed by atoms with Crippen LogP contribution in [0, 0.1) is 20.8 Å². The van der Waals surface area contributed by atoms with Crippen molar-refractivity contribution >= 4 is 17.3 Å². The summed E-state index contributed by atoms with van der Waals surface area (Å²) in [5.41, 5.74) is 4.37. The van der Waals surface area contributed by atoms with Crippen LogP contribution in [-0.4, -0.2) is 22.5 Å². The normalized spacial score (nSPS) is 14.6. The van der Waals surface area contributed by atoms with Gasteiger partial charge in [-0.15, -0.1) is 11.8 Å². The first kappa shape index (κ1) is 21.3. The average molecular weight is 421 g/mol. The van der Waals surface area contributed by atoms with Crippen LogP contribution >= 0.6 is 11.8 Å². The lowest BCUT2D eigenvalue weighted by molar-refractivity contribution is -0.137. The first-order valence-electron chi connectivity index (χ1n) is 9.15. The molecule has 29 heavy (non-hydrogen) atoms. The van der Waals surface area contributed by atoms with Gasteiger partial charge in [-0.05, 0) is 49.6 Å². The Morgan fingerprint density at radius 3 is 2.38 bits per heavy atom. The number of aliphatic hydroxyl groups excluding tert-OH is 1. The van der Waals surface area contributed by atoms with Crippen molar-refractivity contribution in [3.63, 3.8) is 0 Å². The third-order valence-electron chi connectivity index (χ3n) is 4.65. The van der Waals surface area contributed by atoms with Crippen LogP contribution in [0.3, 0.4) is 0 Å². The molecule has 0 saturated carbocycles. The third-order valence-corrected chi connectivity index (χ3v) is 5.60. The van der Waals surface area contributed by atoms with Crippen molar-refractivity contribution in [1.82, 2.24) is 4.98 Å². The fraction of sp³-hybridized carbons (Fsp3) is 0.318. The Bertz CT molecular complexity index is 940. The minimum Gasteiger partial charge on any atom is -0.507 e. The smallest absolute Gasteiger partial charge is 0.417 e.